The van der Waals surface area contributed by atoms with E-state index in [0.29, 0.717) is 18.4 Å². The molecule has 3 rings (SSSR count). The predicted octanol–water partition coefficient (Wildman–Crippen LogP) is 2.18. The van der Waals surface area contributed by atoms with Gasteiger partial charge in [-0.25, -0.2) is 9.78 Å². The van der Waals surface area contributed by atoms with E-state index in [1.807, 2.05) is 13.0 Å². The number of thiazole rings is 1. The van der Waals surface area contributed by atoms with Gasteiger partial charge in [0, 0.05) is 16.2 Å². The minimum absolute atomic E-state index is 0.0586. The number of rotatable bonds is 3. The first-order valence-electron chi connectivity index (χ1n) is 6.38. The van der Waals surface area contributed by atoms with Crippen molar-refractivity contribution in [3.05, 3.63) is 33.4 Å². The van der Waals surface area contributed by atoms with Crippen LogP contribution in [0, 0.1) is 6.92 Å². The molecule has 2 aliphatic heterocycles. The van der Waals surface area contributed by atoms with Crippen LogP contribution in [0.25, 0.3) is 6.08 Å². The third-order valence-electron chi connectivity index (χ3n) is 3.65. The molecule has 0 aromatic carbocycles. The zero-order chi connectivity index (χ0) is 15.1. The van der Waals surface area contributed by atoms with E-state index < -0.39 is 5.97 Å². The minimum atomic E-state index is -1.09. The van der Waals surface area contributed by atoms with Gasteiger partial charge in [0.2, 0.25) is 5.91 Å². The average Bonchev–Trinajstić information content (AvgIpc) is 2.82. The predicted molar refractivity (Wildman–Crippen MR) is 83.0 cm³/mol. The van der Waals surface area contributed by atoms with E-state index in [9.17, 15) is 14.7 Å². The van der Waals surface area contributed by atoms with Crippen LogP contribution < -0.4 is 0 Å². The number of hydrogen-bond donors (Lipinski definition) is 1. The number of aryl methyl sites for hydroxylation is 1. The summed E-state index contributed by atoms with van der Waals surface area (Å²) in [5.74, 6) is -1.27. The van der Waals surface area contributed by atoms with Gasteiger partial charge >= 0.3 is 5.97 Å². The zero-order valence-electron chi connectivity index (χ0n) is 11.2. The number of aromatic nitrogens is 1. The molecule has 5 nitrogen and oxygen atoms in total. The second-order valence-electron chi connectivity index (χ2n) is 4.94. The third kappa shape index (κ3) is 2.32. The van der Waals surface area contributed by atoms with Gasteiger partial charge in [-0.1, -0.05) is 18.3 Å². The zero-order valence-corrected chi connectivity index (χ0v) is 12.8. The van der Waals surface area contributed by atoms with Gasteiger partial charge in [-0.15, -0.1) is 11.3 Å². The molecule has 0 saturated carbocycles. The van der Waals surface area contributed by atoms with Crippen molar-refractivity contribution in [2.24, 2.45) is 0 Å². The lowest BCUT2D eigenvalue weighted by atomic mass is 9.87. The maximum absolute atomic E-state index is 11.7. The van der Waals surface area contributed by atoms with Crippen molar-refractivity contribution in [3.63, 3.8) is 0 Å². The number of carbonyl (C=O) groups excluding carboxylic acids is 1. The SMILES string of the molecule is Cc1ncsc1/C=C\C1=C(C(=O)O)N2C(=O)CC2C(=S)C1. The van der Waals surface area contributed by atoms with Crippen LogP contribution in [0.2, 0.25) is 0 Å². The summed E-state index contributed by atoms with van der Waals surface area (Å²) in [6.45, 7) is 1.89. The van der Waals surface area contributed by atoms with E-state index in [0.717, 1.165) is 15.4 Å². The summed E-state index contributed by atoms with van der Waals surface area (Å²) < 4.78 is 0. The van der Waals surface area contributed by atoms with Gasteiger partial charge in [0.15, 0.2) is 0 Å². The number of carbonyl (C=O) groups is 2. The molecule has 1 fully saturated rings. The first-order valence-corrected chi connectivity index (χ1v) is 7.67. The lowest BCUT2D eigenvalue weighted by molar-refractivity contribution is -0.147. The molecule has 2 aliphatic rings. The van der Waals surface area contributed by atoms with Gasteiger partial charge < -0.3 is 5.11 Å². The highest BCUT2D eigenvalue weighted by molar-refractivity contribution is 7.80. The van der Waals surface area contributed by atoms with Crippen LogP contribution in [0.5, 0.6) is 0 Å². The minimum Gasteiger partial charge on any atom is -0.477 e. The molecule has 1 amide bonds. The van der Waals surface area contributed by atoms with Crippen molar-refractivity contribution >= 4 is 46.4 Å². The molecular formula is C14H12N2O3S2. The maximum atomic E-state index is 11.7. The van der Waals surface area contributed by atoms with Gasteiger partial charge in [0.25, 0.3) is 0 Å². The fourth-order valence-corrected chi connectivity index (χ4v) is 3.56. The van der Waals surface area contributed by atoms with Crippen LogP contribution >= 0.6 is 23.6 Å². The highest BCUT2D eigenvalue weighted by Gasteiger charge is 2.46. The summed E-state index contributed by atoms with van der Waals surface area (Å²) in [5, 5.41) is 9.41. The Morgan fingerprint density at radius 3 is 2.90 bits per heavy atom. The largest absolute Gasteiger partial charge is 0.477 e. The van der Waals surface area contributed by atoms with E-state index in [-0.39, 0.29) is 17.6 Å². The Balaban J connectivity index is 2.00. The Morgan fingerprint density at radius 1 is 1.57 bits per heavy atom. The number of aliphatic carboxylic acids is 1. The van der Waals surface area contributed by atoms with Crippen molar-refractivity contribution in [1.29, 1.82) is 0 Å². The molecule has 0 spiro atoms. The highest BCUT2D eigenvalue weighted by atomic mass is 32.1. The monoisotopic (exact) mass is 320 g/mol. The Labute approximate surface area is 130 Å². The summed E-state index contributed by atoms with van der Waals surface area (Å²) in [4.78, 5) is 30.3. The summed E-state index contributed by atoms with van der Waals surface area (Å²) >= 11 is 6.78. The first kappa shape index (κ1) is 14.1. The Hall–Kier alpha value is -1.86. The number of allylic oxidation sites excluding steroid dienone is 2. The molecule has 1 aromatic rings. The van der Waals surface area contributed by atoms with Crippen molar-refractivity contribution in [2.45, 2.75) is 25.8 Å². The molecule has 21 heavy (non-hydrogen) atoms. The van der Waals surface area contributed by atoms with Gasteiger partial charge in [0.05, 0.1) is 23.7 Å². The number of carboxylic acids is 1. The van der Waals surface area contributed by atoms with Crippen molar-refractivity contribution in [2.75, 3.05) is 0 Å². The summed E-state index contributed by atoms with van der Waals surface area (Å²) in [7, 11) is 0. The normalized spacial score (nSPS) is 21.8. The number of fused-ring (bicyclic) bond motifs is 1. The number of amides is 1. The van der Waals surface area contributed by atoms with E-state index >= 15 is 0 Å². The number of hydrogen-bond acceptors (Lipinski definition) is 5. The summed E-state index contributed by atoms with van der Waals surface area (Å²) in [6.07, 6.45) is 4.30. The van der Waals surface area contributed by atoms with E-state index in [1.165, 1.54) is 16.2 Å². The molecule has 108 valence electrons. The van der Waals surface area contributed by atoms with Crippen LogP contribution in [-0.4, -0.2) is 37.8 Å². The first-order chi connectivity index (χ1) is 9.99. The number of carboxylic acid groups (broad SMARTS) is 1. The quantitative estimate of drug-likeness (QED) is 0.683. The van der Waals surface area contributed by atoms with Crippen LogP contribution in [0.1, 0.15) is 23.4 Å². The van der Waals surface area contributed by atoms with E-state index in [1.54, 1.807) is 11.6 Å². The van der Waals surface area contributed by atoms with Crippen LogP contribution in [0.4, 0.5) is 0 Å². The van der Waals surface area contributed by atoms with Crippen LogP contribution in [0.3, 0.4) is 0 Å². The molecule has 7 heteroatoms. The number of thiocarbonyl (C=S) groups is 1. The fourth-order valence-electron chi connectivity index (χ4n) is 2.52. The molecule has 1 atom stereocenters. The van der Waals surface area contributed by atoms with Crippen molar-refractivity contribution < 1.29 is 14.7 Å². The molecular weight excluding hydrogens is 308 g/mol. The highest BCUT2D eigenvalue weighted by Crippen LogP contribution is 2.35. The van der Waals surface area contributed by atoms with Gasteiger partial charge in [-0.05, 0) is 18.6 Å². The van der Waals surface area contributed by atoms with E-state index in [2.05, 4.69) is 4.98 Å². The van der Waals surface area contributed by atoms with Gasteiger partial charge in [-0.2, -0.15) is 0 Å². The molecule has 0 bridgehead atoms. The van der Waals surface area contributed by atoms with Gasteiger partial charge in [-0.3, -0.25) is 9.69 Å². The number of β-lactam (4-membered cyclic amide) rings is 1. The molecule has 0 aliphatic carbocycles. The van der Waals surface area contributed by atoms with Crippen molar-refractivity contribution in [1.82, 2.24) is 9.88 Å². The molecule has 3 heterocycles. The molecule has 1 aromatic heterocycles. The molecule has 1 N–H and O–H groups in total. The number of nitrogens with zero attached hydrogens (tertiary/aromatic N) is 2. The molecule has 1 saturated heterocycles. The van der Waals surface area contributed by atoms with E-state index in [4.69, 9.17) is 12.2 Å². The summed E-state index contributed by atoms with van der Waals surface area (Å²) in [6, 6.07) is -0.221. The van der Waals surface area contributed by atoms with Crippen LogP contribution in [-0.2, 0) is 9.59 Å². The standard InChI is InChI=1S/C14H12N2O3S2/c1-7-11(21-6-15-7)3-2-8-4-10(20)9-5-12(17)16(9)13(8)14(18)19/h2-3,6,9H,4-5H2,1H3,(H,18,19)/b3-2-. The molecule has 1 unspecified atom stereocenters. The smallest absolute Gasteiger partial charge is 0.352 e. The third-order valence-corrected chi connectivity index (χ3v) is 4.96. The second-order valence-corrected chi connectivity index (χ2v) is 6.35. The Morgan fingerprint density at radius 2 is 2.33 bits per heavy atom. The fraction of sp³-hybridized carbons (Fsp3) is 0.286. The van der Waals surface area contributed by atoms with Gasteiger partial charge in [0.1, 0.15) is 5.70 Å². The topological polar surface area (TPSA) is 70.5 Å². The Kier molecular flexibility index (Phi) is 3.46. The van der Waals surface area contributed by atoms with Crippen molar-refractivity contribution in [3.8, 4) is 0 Å². The Bertz CT molecular complexity index is 718. The maximum Gasteiger partial charge on any atom is 0.352 e. The lowest BCUT2D eigenvalue weighted by Crippen LogP contribution is -2.58. The molecule has 0 radical (unpaired) electrons. The summed E-state index contributed by atoms with van der Waals surface area (Å²) in [5.41, 5.74) is 3.26. The average molecular weight is 320 g/mol. The van der Waals surface area contributed by atoms with Crippen LogP contribution in [0.15, 0.2) is 22.9 Å². The second kappa shape index (κ2) is 5.16. The lowest BCUT2D eigenvalue weighted by Gasteiger charge is -2.44.